The number of nitrogens with zero attached hydrogens (tertiary/aromatic N) is 2. The highest BCUT2D eigenvalue weighted by molar-refractivity contribution is 7.90. The second-order valence-corrected chi connectivity index (χ2v) is 9.28. The summed E-state index contributed by atoms with van der Waals surface area (Å²) in [5.41, 5.74) is 1.87. The molecule has 152 valence electrons. The Balaban J connectivity index is 1.34. The lowest BCUT2D eigenvalue weighted by atomic mass is 9.94. The molecule has 7 heteroatoms. The van der Waals surface area contributed by atoms with Gasteiger partial charge in [0.25, 0.3) is 10.0 Å². The number of hydrogen-bond acceptors (Lipinski definition) is 4. The van der Waals surface area contributed by atoms with Gasteiger partial charge in [0.1, 0.15) is 4.90 Å². The van der Waals surface area contributed by atoms with E-state index in [1.54, 1.807) is 18.2 Å². The first-order valence-corrected chi connectivity index (χ1v) is 11.4. The van der Waals surface area contributed by atoms with Crippen LogP contribution in [0.5, 0.6) is 0 Å². The molecule has 0 aromatic heterocycles. The fraction of sp³-hybridized carbons (Fsp3) is 0.364. The number of rotatable bonds is 4. The first-order valence-electron chi connectivity index (χ1n) is 9.97. The maximum Gasteiger partial charge on any atom is 0.285 e. The van der Waals surface area contributed by atoms with Crippen molar-refractivity contribution < 1.29 is 13.2 Å². The zero-order valence-electron chi connectivity index (χ0n) is 16.4. The topological polar surface area (TPSA) is 78.8 Å². The minimum atomic E-state index is -3.61. The lowest BCUT2D eigenvalue weighted by molar-refractivity contribution is -0.126. The summed E-state index contributed by atoms with van der Waals surface area (Å²) < 4.78 is 28.5. The number of hydrogen-bond donors (Lipinski definition) is 1. The molecular formula is C22H25N3O3S. The number of likely N-dealkylation sites (tertiary alicyclic amines) is 1. The van der Waals surface area contributed by atoms with E-state index in [1.807, 2.05) is 29.2 Å². The molecule has 4 rings (SSSR count). The smallest absolute Gasteiger partial charge is 0.285 e. The minimum absolute atomic E-state index is 0.0527. The molecule has 2 aromatic carbocycles. The van der Waals surface area contributed by atoms with Gasteiger partial charge in [-0.05, 0) is 36.5 Å². The zero-order valence-corrected chi connectivity index (χ0v) is 17.2. The van der Waals surface area contributed by atoms with Crippen LogP contribution in [0.25, 0.3) is 0 Å². The van der Waals surface area contributed by atoms with E-state index in [0.29, 0.717) is 43.9 Å². The van der Waals surface area contributed by atoms with Crippen LogP contribution in [-0.2, 0) is 14.8 Å². The highest BCUT2D eigenvalue weighted by atomic mass is 32.2. The molecule has 1 atom stereocenters. The molecule has 29 heavy (non-hydrogen) atoms. The number of amidine groups is 1. The second-order valence-electron chi connectivity index (χ2n) is 7.70. The van der Waals surface area contributed by atoms with Gasteiger partial charge in [-0.2, -0.15) is 8.42 Å². The zero-order chi connectivity index (χ0) is 20.4. The number of piperidine rings is 1. The summed E-state index contributed by atoms with van der Waals surface area (Å²) in [5, 5.41) is 3.08. The minimum Gasteiger partial charge on any atom is -0.355 e. The first-order chi connectivity index (χ1) is 14.0. The summed E-state index contributed by atoms with van der Waals surface area (Å²) in [6.07, 6.45) is 1.37. The standard InChI is InChI=1S/C22H25N3O3S/c1-16(17-7-3-2-4-8-17)15-23-22(26)18-11-13-25(14-12-18)21-19-9-5-6-10-20(19)29(27,28)24-21/h2-10,16,18H,11-15H2,1H3,(H,23,26)/t16-/m1/s1. The van der Waals surface area contributed by atoms with Crippen LogP contribution < -0.4 is 5.32 Å². The number of amides is 1. The van der Waals surface area contributed by atoms with E-state index < -0.39 is 10.0 Å². The second kappa shape index (κ2) is 7.99. The highest BCUT2D eigenvalue weighted by Crippen LogP contribution is 2.29. The molecule has 2 heterocycles. The van der Waals surface area contributed by atoms with E-state index in [2.05, 4.69) is 28.8 Å². The molecule has 0 saturated carbocycles. The number of fused-ring (bicyclic) bond motifs is 1. The molecule has 1 amide bonds. The van der Waals surface area contributed by atoms with Crippen LogP contribution in [0.1, 0.15) is 36.8 Å². The Kier molecular flexibility index (Phi) is 5.41. The van der Waals surface area contributed by atoms with E-state index in [0.717, 1.165) is 0 Å². The van der Waals surface area contributed by atoms with E-state index in [9.17, 15) is 13.2 Å². The fourth-order valence-corrected chi connectivity index (χ4v) is 5.20. The third-order valence-electron chi connectivity index (χ3n) is 5.73. The van der Waals surface area contributed by atoms with Gasteiger partial charge in [0, 0.05) is 31.1 Å². The Morgan fingerprint density at radius 3 is 2.48 bits per heavy atom. The SMILES string of the molecule is C[C@H](CNC(=O)C1CCN(C2=NS(=O)(=O)c3ccccc32)CC1)c1ccccc1. The summed E-state index contributed by atoms with van der Waals surface area (Å²) in [7, 11) is -3.61. The molecular weight excluding hydrogens is 386 g/mol. The Morgan fingerprint density at radius 2 is 1.76 bits per heavy atom. The van der Waals surface area contributed by atoms with Gasteiger partial charge >= 0.3 is 0 Å². The first kappa shape index (κ1) is 19.6. The molecule has 0 aliphatic carbocycles. The lowest BCUT2D eigenvalue weighted by Gasteiger charge is -2.32. The number of benzene rings is 2. The molecule has 2 aliphatic heterocycles. The van der Waals surface area contributed by atoms with Gasteiger partial charge < -0.3 is 10.2 Å². The van der Waals surface area contributed by atoms with Crippen LogP contribution in [-0.4, -0.2) is 44.7 Å². The van der Waals surface area contributed by atoms with Gasteiger partial charge in [0.15, 0.2) is 5.84 Å². The third-order valence-corrected chi connectivity index (χ3v) is 7.05. The summed E-state index contributed by atoms with van der Waals surface area (Å²) >= 11 is 0. The van der Waals surface area contributed by atoms with Gasteiger partial charge in [-0.15, -0.1) is 4.40 Å². The van der Waals surface area contributed by atoms with Crippen LogP contribution >= 0.6 is 0 Å². The van der Waals surface area contributed by atoms with Crippen LogP contribution in [0.4, 0.5) is 0 Å². The molecule has 2 aromatic rings. The maximum absolute atomic E-state index is 12.6. The van der Waals surface area contributed by atoms with Crippen LogP contribution in [0.15, 0.2) is 63.9 Å². The quantitative estimate of drug-likeness (QED) is 0.839. The van der Waals surface area contributed by atoms with E-state index >= 15 is 0 Å². The van der Waals surface area contributed by atoms with Gasteiger partial charge in [0.2, 0.25) is 5.91 Å². The maximum atomic E-state index is 12.6. The molecule has 0 unspecified atom stereocenters. The predicted molar refractivity (Wildman–Crippen MR) is 112 cm³/mol. The number of nitrogens with one attached hydrogen (secondary N) is 1. The molecule has 1 N–H and O–H groups in total. The van der Waals surface area contributed by atoms with E-state index in [1.165, 1.54) is 5.56 Å². The fourth-order valence-electron chi connectivity index (χ4n) is 3.97. The lowest BCUT2D eigenvalue weighted by Crippen LogP contribution is -2.43. The van der Waals surface area contributed by atoms with Crippen molar-refractivity contribution in [2.24, 2.45) is 10.3 Å². The highest BCUT2D eigenvalue weighted by Gasteiger charge is 2.34. The molecule has 1 fully saturated rings. The summed E-state index contributed by atoms with van der Waals surface area (Å²) in [6.45, 7) is 3.96. The Morgan fingerprint density at radius 1 is 1.10 bits per heavy atom. The molecule has 0 bridgehead atoms. The average molecular weight is 412 g/mol. The third kappa shape index (κ3) is 4.05. The molecule has 0 radical (unpaired) electrons. The Labute approximate surface area is 171 Å². The summed E-state index contributed by atoms with van der Waals surface area (Å²) in [6, 6.07) is 17.1. The van der Waals surface area contributed by atoms with E-state index in [4.69, 9.17) is 0 Å². The van der Waals surface area contributed by atoms with Crippen LogP contribution in [0, 0.1) is 5.92 Å². The van der Waals surface area contributed by atoms with Crippen molar-refractivity contribution >= 4 is 21.8 Å². The van der Waals surface area contributed by atoms with Crippen molar-refractivity contribution in [2.45, 2.75) is 30.6 Å². The van der Waals surface area contributed by atoms with Crippen molar-refractivity contribution in [1.29, 1.82) is 0 Å². The summed E-state index contributed by atoms with van der Waals surface area (Å²) in [4.78, 5) is 14.9. The average Bonchev–Trinajstić information content (AvgIpc) is 3.04. The van der Waals surface area contributed by atoms with E-state index in [-0.39, 0.29) is 22.6 Å². The van der Waals surface area contributed by atoms with Gasteiger partial charge in [-0.1, -0.05) is 49.4 Å². The predicted octanol–water partition coefficient (Wildman–Crippen LogP) is 2.77. The monoisotopic (exact) mass is 411 g/mol. The number of carbonyl (C=O) groups excluding carboxylic acids is 1. The van der Waals surface area contributed by atoms with Crippen molar-refractivity contribution in [2.75, 3.05) is 19.6 Å². The van der Waals surface area contributed by atoms with Crippen molar-refractivity contribution in [3.05, 3.63) is 65.7 Å². The van der Waals surface area contributed by atoms with Gasteiger partial charge in [-0.25, -0.2) is 0 Å². The molecule has 1 saturated heterocycles. The van der Waals surface area contributed by atoms with Crippen LogP contribution in [0.3, 0.4) is 0 Å². The van der Waals surface area contributed by atoms with Crippen molar-refractivity contribution in [3.63, 3.8) is 0 Å². The normalized spacial score (nSPS) is 19.3. The van der Waals surface area contributed by atoms with Gasteiger partial charge in [-0.3, -0.25) is 4.79 Å². The Bertz CT molecular complexity index is 1030. The number of carbonyl (C=O) groups is 1. The van der Waals surface area contributed by atoms with Gasteiger partial charge in [0.05, 0.1) is 0 Å². The van der Waals surface area contributed by atoms with Crippen molar-refractivity contribution in [3.8, 4) is 0 Å². The molecule has 6 nitrogen and oxygen atoms in total. The largest absolute Gasteiger partial charge is 0.355 e. The molecule has 2 aliphatic rings. The van der Waals surface area contributed by atoms with Crippen LogP contribution in [0.2, 0.25) is 0 Å². The summed E-state index contributed by atoms with van der Waals surface area (Å²) in [5.74, 6) is 0.795. The number of sulfonamides is 1. The Hall–Kier alpha value is -2.67. The van der Waals surface area contributed by atoms with Crippen molar-refractivity contribution in [1.82, 2.24) is 10.2 Å². The molecule has 0 spiro atoms.